The second-order valence-electron chi connectivity index (χ2n) is 6.92. The summed E-state index contributed by atoms with van der Waals surface area (Å²) in [4.78, 5) is 4.31. The summed E-state index contributed by atoms with van der Waals surface area (Å²) in [5, 5.41) is 3.49. The zero-order valence-corrected chi connectivity index (χ0v) is 16.2. The molecule has 28 heavy (non-hydrogen) atoms. The van der Waals surface area contributed by atoms with Gasteiger partial charge in [0.1, 0.15) is 12.4 Å². The van der Waals surface area contributed by atoms with Crippen molar-refractivity contribution in [1.82, 2.24) is 10.3 Å². The Morgan fingerprint density at radius 2 is 1.86 bits per heavy atom. The van der Waals surface area contributed by atoms with Crippen LogP contribution in [0.1, 0.15) is 27.9 Å². The Morgan fingerprint density at radius 1 is 1.00 bits per heavy atom. The van der Waals surface area contributed by atoms with Crippen LogP contribution in [0.5, 0.6) is 17.2 Å². The van der Waals surface area contributed by atoms with Gasteiger partial charge in [-0.15, -0.1) is 0 Å². The van der Waals surface area contributed by atoms with Crippen LogP contribution in [0.4, 0.5) is 0 Å². The summed E-state index contributed by atoms with van der Waals surface area (Å²) < 4.78 is 17.0. The van der Waals surface area contributed by atoms with Crippen molar-refractivity contribution in [2.45, 2.75) is 33.5 Å². The number of nitrogens with zero attached hydrogens (tertiary/aromatic N) is 1. The topological polar surface area (TPSA) is 52.6 Å². The zero-order valence-electron chi connectivity index (χ0n) is 16.2. The van der Waals surface area contributed by atoms with Crippen LogP contribution in [0.15, 0.2) is 54.7 Å². The van der Waals surface area contributed by atoms with E-state index in [-0.39, 0.29) is 0 Å². The molecule has 0 saturated heterocycles. The van der Waals surface area contributed by atoms with Crippen molar-refractivity contribution in [1.29, 1.82) is 0 Å². The first-order valence-corrected chi connectivity index (χ1v) is 9.42. The lowest BCUT2D eigenvalue weighted by atomic mass is 10.1. The molecule has 0 spiro atoms. The summed E-state index contributed by atoms with van der Waals surface area (Å²) in [7, 11) is 0. The fourth-order valence-corrected chi connectivity index (χ4v) is 3.47. The van der Waals surface area contributed by atoms with Gasteiger partial charge in [-0.2, -0.15) is 0 Å². The van der Waals surface area contributed by atoms with E-state index in [0.29, 0.717) is 13.4 Å². The molecule has 3 aromatic rings. The Morgan fingerprint density at radius 3 is 2.64 bits per heavy atom. The maximum atomic E-state index is 6.02. The predicted octanol–water partition coefficient (Wildman–Crippen LogP) is 4.30. The number of hydrogen-bond donors (Lipinski definition) is 1. The van der Waals surface area contributed by atoms with E-state index in [1.165, 1.54) is 5.56 Å². The van der Waals surface area contributed by atoms with Crippen LogP contribution >= 0.6 is 0 Å². The SMILES string of the molecule is Cc1cc(CNCc2cccc3c2OCO3)cc(C)c1OCc1ccccn1. The molecule has 0 aliphatic carbocycles. The Kier molecular flexibility index (Phi) is 5.44. The smallest absolute Gasteiger partial charge is 0.231 e. The second-order valence-corrected chi connectivity index (χ2v) is 6.92. The van der Waals surface area contributed by atoms with Crippen LogP contribution in [0.25, 0.3) is 0 Å². The number of benzene rings is 2. The van der Waals surface area contributed by atoms with Gasteiger partial charge in [0.2, 0.25) is 6.79 Å². The molecule has 1 aliphatic heterocycles. The molecule has 4 rings (SSSR count). The molecular formula is C23H24N2O3. The van der Waals surface area contributed by atoms with Crippen molar-refractivity contribution in [3.63, 3.8) is 0 Å². The van der Waals surface area contributed by atoms with Gasteiger partial charge in [0, 0.05) is 24.8 Å². The molecule has 0 atom stereocenters. The van der Waals surface area contributed by atoms with E-state index in [4.69, 9.17) is 14.2 Å². The van der Waals surface area contributed by atoms with Crippen LogP contribution in [0, 0.1) is 13.8 Å². The van der Waals surface area contributed by atoms with Crippen molar-refractivity contribution in [2.24, 2.45) is 0 Å². The van der Waals surface area contributed by atoms with Gasteiger partial charge in [-0.05, 0) is 48.7 Å². The fourth-order valence-electron chi connectivity index (χ4n) is 3.47. The molecule has 0 radical (unpaired) electrons. The van der Waals surface area contributed by atoms with E-state index in [1.54, 1.807) is 6.20 Å². The number of hydrogen-bond acceptors (Lipinski definition) is 5. The third kappa shape index (κ3) is 4.10. The third-order valence-electron chi connectivity index (χ3n) is 4.73. The number of para-hydroxylation sites is 1. The van der Waals surface area contributed by atoms with Gasteiger partial charge in [0.05, 0.1) is 5.69 Å². The Hall–Kier alpha value is -3.05. The van der Waals surface area contributed by atoms with Crippen LogP contribution in [-0.4, -0.2) is 11.8 Å². The minimum atomic E-state index is 0.296. The monoisotopic (exact) mass is 376 g/mol. The summed E-state index contributed by atoms with van der Waals surface area (Å²) in [5.41, 5.74) is 5.52. The van der Waals surface area contributed by atoms with Crippen molar-refractivity contribution >= 4 is 0 Å². The molecule has 0 amide bonds. The Bertz CT molecular complexity index is 934. The van der Waals surface area contributed by atoms with Gasteiger partial charge in [-0.3, -0.25) is 4.98 Å². The van der Waals surface area contributed by atoms with Crippen LogP contribution in [0.3, 0.4) is 0 Å². The minimum Gasteiger partial charge on any atom is -0.487 e. The van der Waals surface area contributed by atoms with E-state index < -0.39 is 0 Å². The normalized spacial score (nSPS) is 12.2. The van der Waals surface area contributed by atoms with Gasteiger partial charge in [0.25, 0.3) is 0 Å². The average Bonchev–Trinajstić information content (AvgIpc) is 3.18. The summed E-state index contributed by atoms with van der Waals surface area (Å²) >= 11 is 0. The molecule has 1 aliphatic rings. The highest BCUT2D eigenvalue weighted by Crippen LogP contribution is 2.35. The standard InChI is InChI=1S/C23H24N2O3/c1-16-10-18(11-17(2)22(16)26-14-20-7-3-4-9-25-20)12-24-13-19-6-5-8-21-23(19)28-15-27-21/h3-11,24H,12-15H2,1-2H3. The first-order chi connectivity index (χ1) is 13.7. The Balaban J connectivity index is 1.37. The lowest BCUT2D eigenvalue weighted by Crippen LogP contribution is -2.13. The third-order valence-corrected chi connectivity index (χ3v) is 4.73. The molecule has 0 fully saturated rings. The number of aromatic nitrogens is 1. The quantitative estimate of drug-likeness (QED) is 0.666. The fraction of sp³-hybridized carbons (Fsp3) is 0.261. The largest absolute Gasteiger partial charge is 0.487 e. The van der Waals surface area contributed by atoms with Crippen LogP contribution < -0.4 is 19.5 Å². The summed E-state index contributed by atoms with van der Waals surface area (Å²) in [6.07, 6.45) is 1.78. The van der Waals surface area contributed by atoms with Gasteiger partial charge in [-0.1, -0.05) is 30.3 Å². The lowest BCUT2D eigenvalue weighted by molar-refractivity contribution is 0.173. The second kappa shape index (κ2) is 8.31. The number of fused-ring (bicyclic) bond motifs is 1. The molecule has 0 unspecified atom stereocenters. The molecule has 5 heteroatoms. The molecule has 0 saturated carbocycles. The first-order valence-electron chi connectivity index (χ1n) is 9.42. The number of nitrogens with one attached hydrogen (secondary N) is 1. The number of pyridine rings is 1. The van der Waals surface area contributed by atoms with E-state index in [0.717, 1.165) is 52.7 Å². The molecule has 2 aromatic carbocycles. The molecule has 144 valence electrons. The molecular weight excluding hydrogens is 352 g/mol. The van der Waals surface area contributed by atoms with E-state index in [1.807, 2.05) is 30.3 Å². The predicted molar refractivity (Wildman–Crippen MR) is 108 cm³/mol. The summed E-state index contributed by atoms with van der Waals surface area (Å²) in [6.45, 7) is 6.43. The van der Waals surface area contributed by atoms with E-state index in [2.05, 4.69) is 42.3 Å². The van der Waals surface area contributed by atoms with Crippen molar-refractivity contribution in [3.05, 3.63) is 82.7 Å². The zero-order chi connectivity index (χ0) is 19.3. The molecule has 1 aromatic heterocycles. The van der Waals surface area contributed by atoms with Crippen LogP contribution in [-0.2, 0) is 19.7 Å². The minimum absolute atomic E-state index is 0.296. The first kappa shape index (κ1) is 18.3. The van der Waals surface area contributed by atoms with Crippen LogP contribution in [0.2, 0.25) is 0 Å². The molecule has 5 nitrogen and oxygen atoms in total. The summed E-state index contributed by atoms with van der Waals surface area (Å²) in [5.74, 6) is 2.60. The number of aryl methyl sites for hydroxylation is 2. The van der Waals surface area contributed by atoms with Crippen molar-refractivity contribution in [2.75, 3.05) is 6.79 Å². The highest BCUT2D eigenvalue weighted by molar-refractivity contribution is 5.48. The highest BCUT2D eigenvalue weighted by Gasteiger charge is 2.16. The van der Waals surface area contributed by atoms with Gasteiger partial charge >= 0.3 is 0 Å². The lowest BCUT2D eigenvalue weighted by Gasteiger charge is -2.14. The van der Waals surface area contributed by atoms with Gasteiger partial charge in [0.15, 0.2) is 11.5 Å². The molecule has 2 heterocycles. The van der Waals surface area contributed by atoms with E-state index >= 15 is 0 Å². The maximum absolute atomic E-state index is 6.02. The van der Waals surface area contributed by atoms with Crippen molar-refractivity contribution < 1.29 is 14.2 Å². The van der Waals surface area contributed by atoms with Gasteiger partial charge < -0.3 is 19.5 Å². The summed E-state index contributed by atoms with van der Waals surface area (Å²) in [6, 6.07) is 16.2. The molecule has 1 N–H and O–H groups in total. The Labute approximate surface area is 165 Å². The number of rotatable bonds is 7. The number of ether oxygens (including phenoxy) is 3. The maximum Gasteiger partial charge on any atom is 0.231 e. The van der Waals surface area contributed by atoms with Gasteiger partial charge in [-0.25, -0.2) is 0 Å². The van der Waals surface area contributed by atoms with E-state index in [9.17, 15) is 0 Å². The molecule has 0 bridgehead atoms. The van der Waals surface area contributed by atoms with Crippen molar-refractivity contribution in [3.8, 4) is 17.2 Å². The average molecular weight is 376 g/mol. The highest BCUT2D eigenvalue weighted by atomic mass is 16.7.